The van der Waals surface area contributed by atoms with Crippen LogP contribution >= 0.6 is 0 Å². The van der Waals surface area contributed by atoms with Crippen molar-refractivity contribution in [3.05, 3.63) is 60.2 Å². The molecule has 0 bridgehead atoms. The van der Waals surface area contributed by atoms with Gasteiger partial charge >= 0.3 is 6.03 Å². The summed E-state index contributed by atoms with van der Waals surface area (Å²) in [6, 6.07) is 15.1. The standard InChI is InChI=1S/C19H17N7O3/c1-19(13-7-3-2-4-8-13)17(28)26(18(29)21-19)11-15(27)20-14-9-5-6-12(10-14)16-22-24-25-23-16/h2-10H,11H2,1H3,(H,20,27)(H,21,29)(H,22,23,24,25)/t19-/m0/s1. The number of carbonyl (C=O) groups excluding carboxylic acids is 3. The van der Waals surface area contributed by atoms with E-state index in [1.165, 1.54) is 0 Å². The van der Waals surface area contributed by atoms with Crippen LogP contribution < -0.4 is 10.6 Å². The molecule has 10 heteroatoms. The minimum atomic E-state index is -1.21. The number of benzene rings is 2. The van der Waals surface area contributed by atoms with Crippen molar-refractivity contribution >= 4 is 23.5 Å². The Labute approximate surface area is 165 Å². The zero-order valence-electron chi connectivity index (χ0n) is 15.4. The van der Waals surface area contributed by atoms with Crippen LogP contribution in [-0.2, 0) is 15.1 Å². The quantitative estimate of drug-likeness (QED) is 0.561. The number of hydrogen-bond donors (Lipinski definition) is 3. The number of urea groups is 1. The minimum absolute atomic E-state index is 0.383. The van der Waals surface area contributed by atoms with Gasteiger partial charge in [-0.2, -0.15) is 5.21 Å². The third-order valence-corrected chi connectivity index (χ3v) is 4.68. The Bertz CT molecular complexity index is 1070. The molecular weight excluding hydrogens is 374 g/mol. The van der Waals surface area contributed by atoms with Crippen LogP contribution in [0.3, 0.4) is 0 Å². The average Bonchev–Trinajstić information content (AvgIpc) is 3.33. The highest BCUT2D eigenvalue weighted by molar-refractivity contribution is 6.10. The first-order valence-corrected chi connectivity index (χ1v) is 8.81. The van der Waals surface area contributed by atoms with Crippen LogP contribution in [0.15, 0.2) is 54.6 Å². The van der Waals surface area contributed by atoms with Gasteiger partial charge in [0.2, 0.25) is 11.7 Å². The third-order valence-electron chi connectivity index (χ3n) is 4.68. The Morgan fingerprint density at radius 1 is 1.14 bits per heavy atom. The topological polar surface area (TPSA) is 133 Å². The van der Waals surface area contributed by atoms with Crippen LogP contribution in [0.2, 0.25) is 0 Å². The summed E-state index contributed by atoms with van der Waals surface area (Å²) in [5.41, 5.74) is 0.574. The van der Waals surface area contributed by atoms with Gasteiger partial charge in [-0.3, -0.25) is 14.5 Å². The second kappa shape index (κ2) is 7.15. The van der Waals surface area contributed by atoms with E-state index in [0.29, 0.717) is 22.6 Å². The number of aromatic nitrogens is 4. The van der Waals surface area contributed by atoms with Gasteiger partial charge in [0.15, 0.2) is 0 Å². The Kier molecular flexibility index (Phi) is 4.51. The normalized spacial score (nSPS) is 18.6. The molecule has 10 nitrogen and oxygen atoms in total. The van der Waals surface area contributed by atoms with E-state index in [9.17, 15) is 14.4 Å². The SMILES string of the molecule is C[C@@]1(c2ccccc2)NC(=O)N(CC(=O)Nc2cccc(-c3nn[nH]n3)c2)C1=O. The highest BCUT2D eigenvalue weighted by Gasteiger charge is 2.49. The summed E-state index contributed by atoms with van der Waals surface area (Å²) in [5, 5.41) is 19.0. The molecule has 1 fully saturated rings. The molecule has 3 N–H and O–H groups in total. The molecule has 1 aromatic heterocycles. The summed E-state index contributed by atoms with van der Waals surface area (Å²) in [5.74, 6) is -0.603. The molecule has 1 saturated heterocycles. The minimum Gasteiger partial charge on any atom is -0.325 e. The van der Waals surface area contributed by atoms with E-state index in [2.05, 4.69) is 31.3 Å². The van der Waals surface area contributed by atoms with Gasteiger partial charge in [0.1, 0.15) is 12.1 Å². The lowest BCUT2D eigenvalue weighted by atomic mass is 9.92. The van der Waals surface area contributed by atoms with E-state index < -0.39 is 29.9 Å². The van der Waals surface area contributed by atoms with Gasteiger partial charge in [0.25, 0.3) is 5.91 Å². The van der Waals surface area contributed by atoms with Gasteiger partial charge in [-0.05, 0) is 29.8 Å². The number of nitrogens with zero attached hydrogens (tertiary/aromatic N) is 4. The van der Waals surface area contributed by atoms with Gasteiger partial charge in [-0.25, -0.2) is 4.79 Å². The van der Waals surface area contributed by atoms with E-state index in [4.69, 9.17) is 0 Å². The lowest BCUT2D eigenvalue weighted by molar-refractivity contribution is -0.133. The Balaban J connectivity index is 1.47. The van der Waals surface area contributed by atoms with E-state index in [1.54, 1.807) is 55.5 Å². The Morgan fingerprint density at radius 3 is 2.66 bits per heavy atom. The number of tetrazole rings is 1. The zero-order valence-corrected chi connectivity index (χ0v) is 15.4. The molecule has 0 unspecified atom stereocenters. The van der Waals surface area contributed by atoms with Crippen molar-refractivity contribution in [3.8, 4) is 11.4 Å². The van der Waals surface area contributed by atoms with E-state index in [0.717, 1.165) is 4.90 Å². The number of H-pyrrole nitrogens is 1. The summed E-state index contributed by atoms with van der Waals surface area (Å²) in [7, 11) is 0. The molecule has 146 valence electrons. The summed E-state index contributed by atoms with van der Waals surface area (Å²) in [6.07, 6.45) is 0. The van der Waals surface area contributed by atoms with Crippen LogP contribution in [-0.4, -0.2) is 49.9 Å². The highest BCUT2D eigenvalue weighted by atomic mass is 16.2. The first kappa shape index (κ1) is 18.3. The fourth-order valence-corrected chi connectivity index (χ4v) is 3.17. The van der Waals surface area contributed by atoms with E-state index in [-0.39, 0.29) is 0 Å². The van der Waals surface area contributed by atoms with Crippen molar-refractivity contribution < 1.29 is 14.4 Å². The number of carbonyl (C=O) groups is 3. The van der Waals surface area contributed by atoms with Crippen LogP contribution in [0.5, 0.6) is 0 Å². The second-order valence-electron chi connectivity index (χ2n) is 6.68. The number of hydrogen-bond acceptors (Lipinski definition) is 6. The van der Waals surface area contributed by atoms with Gasteiger partial charge in [0, 0.05) is 11.3 Å². The molecule has 29 heavy (non-hydrogen) atoms. The number of nitrogens with one attached hydrogen (secondary N) is 3. The number of amides is 4. The summed E-state index contributed by atoms with van der Waals surface area (Å²) in [4.78, 5) is 38.6. The van der Waals surface area contributed by atoms with Crippen LogP contribution in [0.1, 0.15) is 12.5 Å². The molecule has 1 atom stereocenters. The van der Waals surface area contributed by atoms with Gasteiger partial charge in [-0.15, -0.1) is 10.2 Å². The monoisotopic (exact) mass is 391 g/mol. The van der Waals surface area contributed by atoms with Crippen LogP contribution in [0.4, 0.5) is 10.5 Å². The predicted octanol–water partition coefficient (Wildman–Crippen LogP) is 1.27. The maximum atomic E-state index is 12.9. The maximum Gasteiger partial charge on any atom is 0.325 e. The highest BCUT2D eigenvalue weighted by Crippen LogP contribution is 2.28. The summed E-state index contributed by atoms with van der Waals surface area (Å²) < 4.78 is 0. The molecule has 2 aromatic carbocycles. The number of anilines is 1. The van der Waals surface area contributed by atoms with Crippen LogP contribution in [0, 0.1) is 0 Å². The summed E-state index contributed by atoms with van der Waals surface area (Å²) >= 11 is 0. The van der Waals surface area contributed by atoms with Crippen molar-refractivity contribution in [1.82, 2.24) is 30.8 Å². The van der Waals surface area contributed by atoms with Crippen molar-refractivity contribution in [1.29, 1.82) is 0 Å². The molecule has 1 aliphatic heterocycles. The number of rotatable bonds is 5. The lowest BCUT2D eigenvalue weighted by Crippen LogP contribution is -2.42. The van der Waals surface area contributed by atoms with Gasteiger partial charge in [0.05, 0.1) is 0 Å². The fourth-order valence-electron chi connectivity index (χ4n) is 3.17. The first-order valence-electron chi connectivity index (χ1n) is 8.81. The molecule has 4 amide bonds. The molecule has 3 aromatic rings. The zero-order chi connectivity index (χ0) is 20.4. The lowest BCUT2D eigenvalue weighted by Gasteiger charge is -2.22. The predicted molar refractivity (Wildman–Crippen MR) is 102 cm³/mol. The molecule has 4 rings (SSSR count). The summed E-state index contributed by atoms with van der Waals surface area (Å²) in [6.45, 7) is 1.22. The molecular formula is C19H17N7O3. The van der Waals surface area contributed by atoms with Gasteiger partial charge in [-0.1, -0.05) is 42.5 Å². The number of imide groups is 1. The van der Waals surface area contributed by atoms with E-state index in [1.807, 2.05) is 6.07 Å². The van der Waals surface area contributed by atoms with Crippen LogP contribution in [0.25, 0.3) is 11.4 Å². The smallest absolute Gasteiger partial charge is 0.325 e. The largest absolute Gasteiger partial charge is 0.325 e. The Morgan fingerprint density at radius 2 is 1.93 bits per heavy atom. The van der Waals surface area contributed by atoms with Crippen molar-refractivity contribution in [3.63, 3.8) is 0 Å². The van der Waals surface area contributed by atoms with Crippen molar-refractivity contribution in [2.45, 2.75) is 12.5 Å². The fraction of sp³-hybridized carbons (Fsp3) is 0.158. The van der Waals surface area contributed by atoms with E-state index >= 15 is 0 Å². The molecule has 0 radical (unpaired) electrons. The molecule has 0 spiro atoms. The third kappa shape index (κ3) is 3.43. The maximum absolute atomic E-state index is 12.9. The van der Waals surface area contributed by atoms with Crippen molar-refractivity contribution in [2.75, 3.05) is 11.9 Å². The second-order valence-corrected chi connectivity index (χ2v) is 6.68. The Hall–Kier alpha value is -4.08. The average molecular weight is 391 g/mol. The molecule has 2 heterocycles. The first-order chi connectivity index (χ1) is 14.0. The number of aromatic amines is 1. The van der Waals surface area contributed by atoms with Crippen molar-refractivity contribution in [2.24, 2.45) is 0 Å². The molecule has 0 aliphatic carbocycles. The molecule has 0 saturated carbocycles. The van der Waals surface area contributed by atoms with Gasteiger partial charge < -0.3 is 10.6 Å². The molecule has 1 aliphatic rings.